The fraction of sp³-hybridized carbons (Fsp3) is 0.700. The Balaban J connectivity index is 1.87. The highest BCUT2D eigenvalue weighted by Crippen LogP contribution is 2.11. The van der Waals surface area contributed by atoms with Crippen LogP contribution in [-0.4, -0.2) is 61.2 Å². The van der Waals surface area contributed by atoms with Crippen LogP contribution in [0.4, 0.5) is 0 Å². The van der Waals surface area contributed by atoms with Crippen molar-refractivity contribution in [3.63, 3.8) is 0 Å². The summed E-state index contributed by atoms with van der Waals surface area (Å²) < 4.78 is 26.7. The highest BCUT2D eigenvalue weighted by molar-refractivity contribution is 7.99. The summed E-state index contributed by atoms with van der Waals surface area (Å²) in [5.74, 6) is 2.23. The molecule has 19 heavy (non-hydrogen) atoms. The molecule has 2 heterocycles. The van der Waals surface area contributed by atoms with Gasteiger partial charge in [-0.2, -0.15) is 16.9 Å². The van der Waals surface area contributed by atoms with E-state index in [0.29, 0.717) is 12.1 Å². The number of aromatic nitrogens is 2. The second kappa shape index (κ2) is 6.71. The summed E-state index contributed by atoms with van der Waals surface area (Å²) in [7, 11) is -3.54. The maximum absolute atomic E-state index is 12.1. The minimum atomic E-state index is -3.54. The van der Waals surface area contributed by atoms with Gasteiger partial charge in [0.05, 0.1) is 6.20 Å². The lowest BCUT2D eigenvalue weighted by Crippen LogP contribution is -2.39. The Morgan fingerprint density at radius 1 is 1.47 bits per heavy atom. The van der Waals surface area contributed by atoms with Crippen molar-refractivity contribution < 1.29 is 8.42 Å². The quantitative estimate of drug-likeness (QED) is 0.635. The molecule has 0 bridgehead atoms. The maximum atomic E-state index is 12.1. The Morgan fingerprint density at radius 3 is 2.89 bits per heavy atom. The molecule has 7 nitrogen and oxygen atoms in total. The number of sulfonamides is 1. The van der Waals surface area contributed by atoms with Crippen molar-refractivity contribution in [3.05, 3.63) is 11.8 Å². The largest absolute Gasteiger partial charge is 0.326 e. The molecule has 0 amide bonds. The molecule has 108 valence electrons. The second-order valence-corrected chi connectivity index (χ2v) is 7.21. The number of H-pyrrole nitrogens is 1. The molecular weight excluding hydrogens is 286 g/mol. The van der Waals surface area contributed by atoms with Gasteiger partial charge < -0.3 is 10.6 Å². The van der Waals surface area contributed by atoms with Gasteiger partial charge in [0.1, 0.15) is 0 Å². The minimum absolute atomic E-state index is 0.0733. The molecule has 0 radical (unpaired) electrons. The Morgan fingerprint density at radius 2 is 2.21 bits per heavy atom. The van der Waals surface area contributed by atoms with E-state index in [1.165, 1.54) is 6.20 Å². The minimum Gasteiger partial charge on any atom is -0.326 e. The van der Waals surface area contributed by atoms with Crippen LogP contribution in [0.3, 0.4) is 0 Å². The topological polar surface area (TPSA) is 104 Å². The van der Waals surface area contributed by atoms with Crippen molar-refractivity contribution in [2.75, 3.05) is 37.7 Å². The summed E-state index contributed by atoms with van der Waals surface area (Å²) >= 11 is 1.93. The van der Waals surface area contributed by atoms with Crippen LogP contribution in [0.25, 0.3) is 0 Å². The van der Waals surface area contributed by atoms with Crippen LogP contribution in [-0.2, 0) is 16.6 Å². The second-order valence-electron chi connectivity index (χ2n) is 4.28. The van der Waals surface area contributed by atoms with Gasteiger partial charge in [-0.05, 0) is 0 Å². The molecule has 1 saturated heterocycles. The number of hydrogen-bond acceptors (Lipinski definition) is 6. The first-order chi connectivity index (χ1) is 9.13. The van der Waals surface area contributed by atoms with Gasteiger partial charge in [0.2, 0.25) is 0 Å². The molecule has 0 aromatic carbocycles. The van der Waals surface area contributed by atoms with E-state index in [1.807, 2.05) is 11.8 Å². The summed E-state index contributed by atoms with van der Waals surface area (Å²) in [6.45, 7) is 3.31. The molecular formula is C10H19N5O2S2. The Kier molecular flexibility index (Phi) is 5.22. The third kappa shape index (κ3) is 3.93. The number of rotatable bonds is 6. The molecule has 1 aromatic heterocycles. The van der Waals surface area contributed by atoms with Crippen LogP contribution < -0.4 is 10.5 Å². The van der Waals surface area contributed by atoms with Crippen LogP contribution in [0.5, 0.6) is 0 Å². The molecule has 0 aliphatic carbocycles. The highest BCUT2D eigenvalue weighted by atomic mass is 32.2. The third-order valence-corrected chi connectivity index (χ3v) is 5.41. The number of hydrogen-bond donors (Lipinski definition) is 3. The normalized spacial score (nSPS) is 17.7. The number of nitrogens with two attached hydrogens (primary N) is 1. The lowest BCUT2D eigenvalue weighted by Gasteiger charge is -2.25. The van der Waals surface area contributed by atoms with Crippen LogP contribution in [0.1, 0.15) is 5.56 Å². The summed E-state index contributed by atoms with van der Waals surface area (Å²) in [6, 6.07) is 0. The highest BCUT2D eigenvalue weighted by Gasteiger charge is 2.20. The Labute approximate surface area is 117 Å². The molecule has 0 atom stereocenters. The number of aromatic amines is 1. The van der Waals surface area contributed by atoms with Crippen molar-refractivity contribution in [2.24, 2.45) is 5.73 Å². The van der Waals surface area contributed by atoms with Gasteiger partial charge in [-0.1, -0.05) is 0 Å². The molecule has 0 unspecified atom stereocenters. The monoisotopic (exact) mass is 305 g/mol. The van der Waals surface area contributed by atoms with E-state index in [4.69, 9.17) is 5.73 Å². The number of thioether (sulfide) groups is 1. The standard InChI is InChI=1S/C10H19N5O2S2/c11-7-9-8-12-14-10(9)19(16,17)13-1-2-15-3-5-18-6-4-15/h8,13H,1-7,11H2,(H,12,14). The molecule has 1 aliphatic rings. The zero-order chi connectivity index (χ0) is 13.7. The first kappa shape index (κ1) is 14.8. The van der Waals surface area contributed by atoms with Crippen LogP contribution in [0.2, 0.25) is 0 Å². The summed E-state index contributed by atoms with van der Waals surface area (Å²) in [5.41, 5.74) is 5.98. The van der Waals surface area contributed by atoms with Gasteiger partial charge in [0.15, 0.2) is 5.03 Å². The van der Waals surface area contributed by atoms with Gasteiger partial charge in [-0.25, -0.2) is 13.1 Å². The van der Waals surface area contributed by atoms with Crippen LogP contribution in [0, 0.1) is 0 Å². The van der Waals surface area contributed by atoms with Gasteiger partial charge in [-0.3, -0.25) is 5.10 Å². The molecule has 9 heteroatoms. The molecule has 0 saturated carbocycles. The van der Waals surface area contributed by atoms with Crippen LogP contribution >= 0.6 is 11.8 Å². The van der Waals surface area contributed by atoms with Crippen molar-refractivity contribution in [1.82, 2.24) is 19.8 Å². The van der Waals surface area contributed by atoms with Gasteiger partial charge >= 0.3 is 0 Å². The van der Waals surface area contributed by atoms with Crippen molar-refractivity contribution in [3.8, 4) is 0 Å². The van der Waals surface area contributed by atoms with Gasteiger partial charge in [0.25, 0.3) is 10.0 Å². The molecule has 0 spiro atoms. The predicted molar refractivity (Wildman–Crippen MR) is 75.4 cm³/mol. The zero-order valence-electron chi connectivity index (χ0n) is 10.6. The average molecular weight is 305 g/mol. The fourth-order valence-electron chi connectivity index (χ4n) is 1.91. The van der Waals surface area contributed by atoms with E-state index in [0.717, 1.165) is 31.1 Å². The molecule has 4 N–H and O–H groups in total. The van der Waals surface area contributed by atoms with E-state index in [2.05, 4.69) is 19.8 Å². The number of nitrogens with one attached hydrogen (secondary N) is 2. The zero-order valence-corrected chi connectivity index (χ0v) is 12.3. The molecule has 1 aliphatic heterocycles. The summed E-state index contributed by atoms with van der Waals surface area (Å²) in [6.07, 6.45) is 1.44. The smallest absolute Gasteiger partial charge is 0.257 e. The summed E-state index contributed by atoms with van der Waals surface area (Å²) in [4.78, 5) is 2.26. The maximum Gasteiger partial charge on any atom is 0.257 e. The van der Waals surface area contributed by atoms with E-state index in [9.17, 15) is 8.42 Å². The van der Waals surface area contributed by atoms with Crippen LogP contribution in [0.15, 0.2) is 11.2 Å². The van der Waals surface area contributed by atoms with E-state index in [-0.39, 0.29) is 11.6 Å². The van der Waals surface area contributed by atoms with Crippen molar-refractivity contribution in [2.45, 2.75) is 11.6 Å². The van der Waals surface area contributed by atoms with Crippen molar-refractivity contribution >= 4 is 21.8 Å². The number of nitrogens with zero attached hydrogens (tertiary/aromatic N) is 2. The Hall–Kier alpha value is -0.610. The average Bonchev–Trinajstić information content (AvgIpc) is 2.89. The van der Waals surface area contributed by atoms with Gasteiger partial charge in [0, 0.05) is 49.8 Å². The predicted octanol–water partition coefficient (Wildman–Crippen LogP) is -0.804. The van der Waals surface area contributed by atoms with E-state index < -0.39 is 10.0 Å². The van der Waals surface area contributed by atoms with E-state index >= 15 is 0 Å². The van der Waals surface area contributed by atoms with Crippen molar-refractivity contribution in [1.29, 1.82) is 0 Å². The Bertz CT molecular complexity index is 496. The lowest BCUT2D eigenvalue weighted by atomic mass is 10.4. The first-order valence-corrected chi connectivity index (χ1v) is 8.79. The van der Waals surface area contributed by atoms with E-state index in [1.54, 1.807) is 0 Å². The fourth-order valence-corrected chi connectivity index (χ4v) is 4.05. The van der Waals surface area contributed by atoms with Gasteiger partial charge in [-0.15, -0.1) is 0 Å². The molecule has 1 fully saturated rings. The molecule has 1 aromatic rings. The lowest BCUT2D eigenvalue weighted by molar-refractivity contribution is 0.307. The SMILES string of the molecule is NCc1cn[nH]c1S(=O)(=O)NCCN1CCSCC1. The summed E-state index contributed by atoms with van der Waals surface area (Å²) in [5, 5.41) is 6.28. The third-order valence-electron chi connectivity index (χ3n) is 2.99. The first-order valence-electron chi connectivity index (χ1n) is 6.15. The molecule has 2 rings (SSSR count).